The standard InChI is InChI=1S/C11H10Cl2N4O/c1-2-18-11-9(12)3-8(4-10(11)13)5-16-17-6-14-15-7-17/h3-7H,2H2,1H3/b16-5-. The van der Waals surface area contributed by atoms with Crippen LogP contribution in [0.25, 0.3) is 0 Å². The van der Waals surface area contributed by atoms with E-state index in [-0.39, 0.29) is 0 Å². The summed E-state index contributed by atoms with van der Waals surface area (Å²) >= 11 is 12.1. The van der Waals surface area contributed by atoms with Crippen molar-refractivity contribution in [2.24, 2.45) is 5.10 Å². The first-order valence-electron chi connectivity index (χ1n) is 5.21. The zero-order valence-electron chi connectivity index (χ0n) is 9.55. The van der Waals surface area contributed by atoms with Gasteiger partial charge in [-0.2, -0.15) is 5.10 Å². The van der Waals surface area contributed by atoms with E-state index in [0.717, 1.165) is 5.56 Å². The highest BCUT2D eigenvalue weighted by Gasteiger charge is 2.08. The van der Waals surface area contributed by atoms with Crippen molar-refractivity contribution in [2.75, 3.05) is 6.61 Å². The van der Waals surface area contributed by atoms with Gasteiger partial charge in [-0.05, 0) is 24.6 Å². The van der Waals surface area contributed by atoms with Crippen molar-refractivity contribution < 1.29 is 4.74 Å². The normalized spacial score (nSPS) is 11.1. The number of aromatic nitrogens is 3. The van der Waals surface area contributed by atoms with E-state index in [1.165, 1.54) is 17.3 Å². The molecule has 0 aliphatic rings. The second kappa shape index (κ2) is 5.84. The highest BCUT2D eigenvalue weighted by molar-refractivity contribution is 6.37. The molecule has 5 nitrogen and oxygen atoms in total. The number of hydrogen-bond acceptors (Lipinski definition) is 4. The lowest BCUT2D eigenvalue weighted by atomic mass is 10.2. The van der Waals surface area contributed by atoms with Crippen LogP contribution in [0.3, 0.4) is 0 Å². The molecule has 1 aromatic carbocycles. The molecular formula is C11H10Cl2N4O. The van der Waals surface area contributed by atoms with Gasteiger partial charge in [0.05, 0.1) is 22.9 Å². The molecule has 0 saturated heterocycles. The highest BCUT2D eigenvalue weighted by Crippen LogP contribution is 2.33. The number of halogens is 2. The van der Waals surface area contributed by atoms with Gasteiger partial charge in [-0.3, -0.25) is 0 Å². The third-order valence-corrected chi connectivity index (χ3v) is 2.62. The minimum absolute atomic E-state index is 0.453. The van der Waals surface area contributed by atoms with E-state index in [4.69, 9.17) is 27.9 Å². The Hall–Kier alpha value is -1.59. The number of ether oxygens (including phenoxy) is 1. The van der Waals surface area contributed by atoms with Crippen molar-refractivity contribution >= 4 is 29.4 Å². The van der Waals surface area contributed by atoms with E-state index in [9.17, 15) is 0 Å². The molecule has 0 N–H and O–H groups in total. The second-order valence-corrected chi connectivity index (χ2v) is 4.15. The topological polar surface area (TPSA) is 52.3 Å². The van der Waals surface area contributed by atoms with Crippen molar-refractivity contribution in [2.45, 2.75) is 6.92 Å². The van der Waals surface area contributed by atoms with Gasteiger partial charge < -0.3 is 4.74 Å². The van der Waals surface area contributed by atoms with Crippen LogP contribution in [0.4, 0.5) is 0 Å². The average molecular weight is 285 g/mol. The maximum Gasteiger partial charge on any atom is 0.156 e. The average Bonchev–Trinajstić information content (AvgIpc) is 2.84. The van der Waals surface area contributed by atoms with Gasteiger partial charge >= 0.3 is 0 Å². The Bertz CT molecular complexity index is 531. The van der Waals surface area contributed by atoms with Gasteiger partial charge in [0.25, 0.3) is 0 Å². The number of hydrogen-bond donors (Lipinski definition) is 0. The molecule has 0 atom stereocenters. The summed E-state index contributed by atoms with van der Waals surface area (Å²) in [4.78, 5) is 0. The van der Waals surface area contributed by atoms with Gasteiger partial charge in [-0.25, -0.2) is 4.68 Å². The van der Waals surface area contributed by atoms with Gasteiger partial charge in [0.15, 0.2) is 5.75 Å². The van der Waals surface area contributed by atoms with E-state index < -0.39 is 0 Å². The molecule has 0 amide bonds. The molecule has 0 fully saturated rings. The van der Waals surface area contributed by atoms with Crippen LogP contribution in [0.1, 0.15) is 12.5 Å². The van der Waals surface area contributed by atoms with Crippen LogP contribution in [-0.2, 0) is 0 Å². The van der Waals surface area contributed by atoms with Gasteiger partial charge in [-0.1, -0.05) is 23.2 Å². The molecule has 0 aliphatic heterocycles. The summed E-state index contributed by atoms with van der Waals surface area (Å²) in [6.45, 7) is 2.38. The van der Waals surface area contributed by atoms with Gasteiger partial charge in [0.2, 0.25) is 0 Å². The molecule has 0 spiro atoms. The molecule has 0 radical (unpaired) electrons. The van der Waals surface area contributed by atoms with Crippen LogP contribution in [0, 0.1) is 0 Å². The predicted molar refractivity (Wildman–Crippen MR) is 70.6 cm³/mol. The van der Waals surface area contributed by atoms with Crippen molar-refractivity contribution in [1.29, 1.82) is 0 Å². The summed E-state index contributed by atoms with van der Waals surface area (Å²) in [5, 5.41) is 12.3. The van der Waals surface area contributed by atoms with Gasteiger partial charge in [0, 0.05) is 0 Å². The SMILES string of the molecule is CCOc1c(Cl)cc(/C=N\n2cnnc2)cc1Cl. The zero-order valence-corrected chi connectivity index (χ0v) is 11.1. The van der Waals surface area contributed by atoms with Crippen molar-refractivity contribution in [3.8, 4) is 5.75 Å². The lowest BCUT2D eigenvalue weighted by Gasteiger charge is -2.08. The van der Waals surface area contributed by atoms with Crippen LogP contribution in [0.2, 0.25) is 10.0 Å². The molecule has 2 rings (SSSR count). The monoisotopic (exact) mass is 284 g/mol. The minimum Gasteiger partial charge on any atom is -0.491 e. The highest BCUT2D eigenvalue weighted by atomic mass is 35.5. The largest absolute Gasteiger partial charge is 0.491 e. The minimum atomic E-state index is 0.453. The molecule has 94 valence electrons. The summed E-state index contributed by atoms with van der Waals surface area (Å²) in [5.41, 5.74) is 0.766. The summed E-state index contributed by atoms with van der Waals surface area (Å²) < 4.78 is 6.81. The molecular weight excluding hydrogens is 275 g/mol. The van der Waals surface area contributed by atoms with Gasteiger partial charge in [0.1, 0.15) is 12.7 Å². The first-order chi connectivity index (χ1) is 8.70. The molecule has 2 aromatic rings. The first-order valence-corrected chi connectivity index (χ1v) is 5.97. The fraction of sp³-hybridized carbons (Fsp3) is 0.182. The molecule has 18 heavy (non-hydrogen) atoms. The van der Waals surface area contributed by atoms with Crippen molar-refractivity contribution in [3.63, 3.8) is 0 Å². The van der Waals surface area contributed by atoms with Crippen LogP contribution in [-0.4, -0.2) is 27.7 Å². The van der Waals surface area contributed by atoms with Crippen LogP contribution >= 0.6 is 23.2 Å². The van der Waals surface area contributed by atoms with E-state index >= 15 is 0 Å². The molecule has 1 heterocycles. The molecule has 0 bridgehead atoms. The lowest BCUT2D eigenvalue weighted by molar-refractivity contribution is 0.340. The third-order valence-electron chi connectivity index (χ3n) is 2.06. The second-order valence-electron chi connectivity index (χ2n) is 3.33. The summed E-state index contributed by atoms with van der Waals surface area (Å²) in [7, 11) is 0. The van der Waals surface area contributed by atoms with Crippen LogP contribution in [0.5, 0.6) is 5.75 Å². The lowest BCUT2D eigenvalue weighted by Crippen LogP contribution is -1.95. The first kappa shape index (κ1) is 12.9. The van der Waals surface area contributed by atoms with E-state index in [0.29, 0.717) is 22.4 Å². The van der Waals surface area contributed by atoms with E-state index in [1.54, 1.807) is 18.3 Å². The number of rotatable bonds is 4. The Morgan fingerprint density at radius 2 is 1.89 bits per heavy atom. The Labute approximate surface area is 114 Å². The number of benzene rings is 1. The van der Waals surface area contributed by atoms with Gasteiger partial charge in [-0.15, -0.1) is 10.2 Å². The Kier molecular flexibility index (Phi) is 4.17. The summed E-state index contributed by atoms with van der Waals surface area (Å²) in [6.07, 6.45) is 4.57. The van der Waals surface area contributed by atoms with Crippen LogP contribution in [0.15, 0.2) is 29.9 Å². The van der Waals surface area contributed by atoms with Crippen LogP contribution < -0.4 is 4.74 Å². The maximum absolute atomic E-state index is 6.07. The molecule has 0 saturated carbocycles. The molecule has 0 aliphatic carbocycles. The quantitative estimate of drug-likeness (QED) is 0.812. The zero-order chi connectivity index (χ0) is 13.0. The molecule has 7 heteroatoms. The summed E-state index contributed by atoms with van der Waals surface area (Å²) in [5.74, 6) is 0.488. The summed E-state index contributed by atoms with van der Waals surface area (Å²) in [6, 6.07) is 3.46. The predicted octanol–water partition coefficient (Wildman–Crippen LogP) is 2.87. The van der Waals surface area contributed by atoms with Crippen molar-refractivity contribution in [3.05, 3.63) is 40.4 Å². The van der Waals surface area contributed by atoms with E-state index in [1.807, 2.05) is 6.92 Å². The third kappa shape index (κ3) is 3.00. The smallest absolute Gasteiger partial charge is 0.156 e. The molecule has 1 aromatic heterocycles. The van der Waals surface area contributed by atoms with Crippen molar-refractivity contribution in [1.82, 2.24) is 14.9 Å². The Morgan fingerprint density at radius 3 is 2.44 bits per heavy atom. The number of nitrogens with zero attached hydrogens (tertiary/aromatic N) is 4. The Balaban J connectivity index is 2.25. The fourth-order valence-corrected chi connectivity index (χ4v) is 1.94. The molecule has 0 unspecified atom stereocenters. The van der Waals surface area contributed by atoms with E-state index in [2.05, 4.69) is 15.3 Å². The fourth-order valence-electron chi connectivity index (χ4n) is 1.32. The Morgan fingerprint density at radius 1 is 1.28 bits per heavy atom. The maximum atomic E-state index is 6.07.